The summed E-state index contributed by atoms with van der Waals surface area (Å²) in [6.07, 6.45) is 0. The highest BCUT2D eigenvalue weighted by atomic mass is 16.4. The SMILES string of the molecule is Oc1cc2c(-c3ccccc3)c3cc(O)c(O)cc3c(-c3c(O)c(O)c(O)c4c3oc3c(O)c(O)c(O)c(O)c34)c2cc1O. The van der Waals surface area contributed by atoms with Crippen molar-refractivity contribution in [1.29, 1.82) is 0 Å². The summed E-state index contributed by atoms with van der Waals surface area (Å²) in [5.74, 6) is -9.68. The van der Waals surface area contributed by atoms with Gasteiger partial charge in [-0.05, 0) is 56.9 Å². The maximum Gasteiger partial charge on any atom is 0.208 e. The number of fused-ring (bicyclic) bond motifs is 5. The van der Waals surface area contributed by atoms with Gasteiger partial charge in [0.25, 0.3) is 0 Å². The van der Waals surface area contributed by atoms with Crippen LogP contribution >= 0.6 is 0 Å². The smallest absolute Gasteiger partial charge is 0.208 e. The van der Waals surface area contributed by atoms with E-state index in [4.69, 9.17) is 4.42 Å². The Labute approximate surface area is 244 Å². The first-order chi connectivity index (χ1) is 20.9. The molecule has 12 nitrogen and oxygen atoms in total. The van der Waals surface area contributed by atoms with Crippen molar-refractivity contribution in [2.24, 2.45) is 0 Å². The first-order valence-corrected chi connectivity index (χ1v) is 12.8. The van der Waals surface area contributed by atoms with Crippen molar-refractivity contribution in [3.63, 3.8) is 0 Å². The van der Waals surface area contributed by atoms with Gasteiger partial charge in [-0.3, -0.25) is 0 Å². The Hall–Kier alpha value is -6.56. The molecule has 0 spiro atoms. The molecule has 0 unspecified atom stereocenters. The lowest BCUT2D eigenvalue weighted by Gasteiger charge is -2.20. The van der Waals surface area contributed by atoms with Gasteiger partial charge in [0.2, 0.25) is 23.0 Å². The Morgan fingerprint density at radius 3 is 1.27 bits per heavy atom. The van der Waals surface area contributed by atoms with Crippen LogP contribution in [0.5, 0.6) is 63.2 Å². The molecule has 0 aliphatic rings. The average molecular weight is 597 g/mol. The van der Waals surface area contributed by atoms with Gasteiger partial charge in [0, 0.05) is 5.56 Å². The fraction of sp³-hybridized carbons (Fsp3) is 0. The molecule has 7 aromatic rings. The Balaban J connectivity index is 1.81. The quantitative estimate of drug-likeness (QED) is 0.0627. The van der Waals surface area contributed by atoms with Gasteiger partial charge in [-0.1, -0.05) is 30.3 Å². The predicted molar refractivity (Wildman–Crippen MR) is 158 cm³/mol. The topological polar surface area (TPSA) is 236 Å². The van der Waals surface area contributed by atoms with Crippen LogP contribution in [0.15, 0.2) is 59.0 Å². The third-order valence-corrected chi connectivity index (χ3v) is 7.80. The van der Waals surface area contributed by atoms with Gasteiger partial charge < -0.3 is 60.6 Å². The monoisotopic (exact) mass is 596 g/mol. The summed E-state index contributed by atoms with van der Waals surface area (Å²) in [6.45, 7) is 0. The molecular weight excluding hydrogens is 576 g/mol. The fourth-order valence-electron chi connectivity index (χ4n) is 5.82. The molecule has 6 aromatic carbocycles. The van der Waals surface area contributed by atoms with Crippen molar-refractivity contribution in [3.8, 4) is 85.5 Å². The molecule has 1 aromatic heterocycles. The highest BCUT2D eigenvalue weighted by Crippen LogP contribution is 2.60. The first kappa shape index (κ1) is 26.3. The molecule has 12 heteroatoms. The minimum absolute atomic E-state index is 0.0652. The highest BCUT2D eigenvalue weighted by molar-refractivity contribution is 6.27. The molecule has 0 amide bonds. The number of rotatable bonds is 2. The van der Waals surface area contributed by atoms with E-state index in [1.807, 2.05) is 0 Å². The van der Waals surface area contributed by atoms with Crippen molar-refractivity contribution in [2.45, 2.75) is 0 Å². The molecule has 0 saturated carbocycles. The molecule has 1 heterocycles. The molecule has 0 fully saturated rings. The summed E-state index contributed by atoms with van der Waals surface area (Å²) >= 11 is 0. The summed E-state index contributed by atoms with van der Waals surface area (Å²) in [7, 11) is 0. The van der Waals surface area contributed by atoms with E-state index in [2.05, 4.69) is 0 Å². The second-order valence-electron chi connectivity index (χ2n) is 10.2. The van der Waals surface area contributed by atoms with E-state index in [0.29, 0.717) is 11.1 Å². The second kappa shape index (κ2) is 8.72. The number of benzene rings is 6. The van der Waals surface area contributed by atoms with Gasteiger partial charge in [0.05, 0.1) is 16.3 Å². The molecule has 0 aliphatic carbocycles. The van der Waals surface area contributed by atoms with E-state index in [-0.39, 0.29) is 27.1 Å². The van der Waals surface area contributed by atoms with E-state index in [9.17, 15) is 56.2 Å². The summed E-state index contributed by atoms with van der Waals surface area (Å²) in [4.78, 5) is 0. The largest absolute Gasteiger partial charge is 0.504 e. The van der Waals surface area contributed by atoms with E-state index < -0.39 is 90.7 Å². The molecule has 220 valence electrons. The van der Waals surface area contributed by atoms with Crippen LogP contribution in [-0.2, 0) is 0 Å². The van der Waals surface area contributed by atoms with Crippen LogP contribution in [0.4, 0.5) is 0 Å². The van der Waals surface area contributed by atoms with Gasteiger partial charge >= 0.3 is 0 Å². The second-order valence-corrected chi connectivity index (χ2v) is 10.2. The van der Waals surface area contributed by atoms with Crippen molar-refractivity contribution in [2.75, 3.05) is 0 Å². The fourth-order valence-corrected chi connectivity index (χ4v) is 5.82. The van der Waals surface area contributed by atoms with Crippen molar-refractivity contribution in [1.82, 2.24) is 0 Å². The molecule has 0 bridgehead atoms. The van der Waals surface area contributed by atoms with Gasteiger partial charge in [0.1, 0.15) is 0 Å². The number of hydrogen-bond acceptors (Lipinski definition) is 12. The Bertz CT molecular complexity index is 2320. The zero-order valence-corrected chi connectivity index (χ0v) is 22.0. The van der Waals surface area contributed by atoms with Crippen LogP contribution in [0.3, 0.4) is 0 Å². The van der Waals surface area contributed by atoms with Gasteiger partial charge in [-0.15, -0.1) is 0 Å². The minimum Gasteiger partial charge on any atom is -0.504 e. The van der Waals surface area contributed by atoms with E-state index in [1.165, 1.54) is 12.1 Å². The molecule has 7 rings (SSSR count). The summed E-state index contributed by atoms with van der Waals surface area (Å²) in [5.41, 5.74) is -0.544. The molecule has 0 aliphatic heterocycles. The third kappa shape index (κ3) is 3.27. The van der Waals surface area contributed by atoms with Gasteiger partial charge in [0.15, 0.2) is 51.4 Å². The lowest BCUT2D eigenvalue weighted by atomic mass is 9.84. The lowest BCUT2D eigenvalue weighted by molar-refractivity contribution is 0.348. The zero-order valence-electron chi connectivity index (χ0n) is 22.0. The average Bonchev–Trinajstić information content (AvgIpc) is 3.40. The number of phenols is 11. The Kier molecular flexibility index (Phi) is 5.22. The van der Waals surface area contributed by atoms with Crippen LogP contribution in [0.1, 0.15) is 0 Å². The Morgan fingerprint density at radius 1 is 0.364 bits per heavy atom. The Morgan fingerprint density at radius 2 is 0.773 bits per heavy atom. The van der Waals surface area contributed by atoms with Crippen LogP contribution in [0.25, 0.3) is 65.7 Å². The predicted octanol–water partition coefficient (Wildman–Crippen LogP) is 5.99. The maximum atomic E-state index is 11.3. The van der Waals surface area contributed by atoms with Crippen LogP contribution < -0.4 is 0 Å². The maximum absolute atomic E-state index is 11.3. The number of hydrogen-bond donors (Lipinski definition) is 11. The van der Waals surface area contributed by atoms with Crippen LogP contribution in [0, 0.1) is 0 Å². The van der Waals surface area contributed by atoms with E-state index in [1.54, 1.807) is 30.3 Å². The van der Waals surface area contributed by atoms with Crippen molar-refractivity contribution in [3.05, 3.63) is 54.6 Å². The van der Waals surface area contributed by atoms with Gasteiger partial charge in [-0.25, -0.2) is 0 Å². The summed E-state index contributed by atoms with van der Waals surface area (Å²) in [5, 5.41) is 117. The summed E-state index contributed by atoms with van der Waals surface area (Å²) in [6, 6.07) is 13.5. The first-order valence-electron chi connectivity index (χ1n) is 12.8. The minimum atomic E-state index is -1.16. The molecule has 0 radical (unpaired) electrons. The molecule has 44 heavy (non-hydrogen) atoms. The highest BCUT2D eigenvalue weighted by Gasteiger charge is 2.33. The zero-order chi connectivity index (χ0) is 31.4. The lowest BCUT2D eigenvalue weighted by Crippen LogP contribution is -1.93. The van der Waals surface area contributed by atoms with Crippen molar-refractivity contribution < 1.29 is 60.6 Å². The van der Waals surface area contributed by atoms with Crippen molar-refractivity contribution >= 4 is 43.5 Å². The third-order valence-electron chi connectivity index (χ3n) is 7.80. The van der Waals surface area contributed by atoms with E-state index >= 15 is 0 Å². The number of furan rings is 1. The number of phenolic OH excluding ortho intramolecular Hbond substituents is 11. The molecular formula is C32H20O12. The standard InChI is InChI=1S/C32H20O12/c33-15-6-11-13(8-17(15)35)20(14-9-18(36)16(34)7-12(14)19(11)10-4-2-1-3-5-10)21-24(37)27(40)25(38)22-23-26(39)28(41)29(42)30(43)32(23)44-31(21)22/h1-9,33-43H. The van der Waals surface area contributed by atoms with Crippen LogP contribution in [-0.4, -0.2) is 56.2 Å². The molecule has 11 N–H and O–H groups in total. The van der Waals surface area contributed by atoms with E-state index in [0.717, 1.165) is 12.1 Å². The summed E-state index contributed by atoms with van der Waals surface area (Å²) < 4.78 is 5.79. The normalized spacial score (nSPS) is 11.7. The van der Waals surface area contributed by atoms with Crippen LogP contribution in [0.2, 0.25) is 0 Å². The molecule has 0 atom stereocenters. The molecule has 0 saturated heterocycles. The number of aromatic hydroxyl groups is 11. The van der Waals surface area contributed by atoms with Gasteiger partial charge in [-0.2, -0.15) is 0 Å².